The Bertz CT molecular complexity index is 517. The van der Waals surface area contributed by atoms with Crippen LogP contribution in [0.15, 0.2) is 47.1 Å². The van der Waals surface area contributed by atoms with Crippen molar-refractivity contribution < 1.29 is 4.74 Å². The Balaban J connectivity index is 2.06. The van der Waals surface area contributed by atoms with Gasteiger partial charge in [-0.1, -0.05) is 34.1 Å². The number of nitrogens with zero attached hydrogens (tertiary/aromatic N) is 1. The van der Waals surface area contributed by atoms with Gasteiger partial charge in [0.25, 0.3) is 0 Å². The van der Waals surface area contributed by atoms with Crippen molar-refractivity contribution in [2.45, 2.75) is 13.2 Å². The largest absolute Gasteiger partial charge is 0.473 e. The summed E-state index contributed by atoms with van der Waals surface area (Å²) in [5.74, 6) is 0.687. The minimum absolute atomic E-state index is 0.521. The molecule has 18 heavy (non-hydrogen) atoms. The summed E-state index contributed by atoms with van der Waals surface area (Å²) in [7, 11) is 1.91. The number of hydrogen-bond donors (Lipinski definition) is 1. The van der Waals surface area contributed by atoms with E-state index in [0.29, 0.717) is 12.5 Å². The highest BCUT2D eigenvalue weighted by Crippen LogP contribution is 2.17. The van der Waals surface area contributed by atoms with Gasteiger partial charge in [-0.05, 0) is 30.8 Å². The maximum Gasteiger partial charge on any atom is 0.218 e. The van der Waals surface area contributed by atoms with Crippen LogP contribution in [0.3, 0.4) is 0 Å². The number of halogens is 1. The monoisotopic (exact) mass is 306 g/mol. The minimum Gasteiger partial charge on any atom is -0.473 e. The number of nitrogens with one attached hydrogen (secondary N) is 1. The zero-order valence-electron chi connectivity index (χ0n) is 10.2. The Morgan fingerprint density at radius 2 is 2.17 bits per heavy atom. The molecular weight excluding hydrogens is 292 g/mol. The first-order chi connectivity index (χ1) is 8.79. The quantitative estimate of drug-likeness (QED) is 0.921. The predicted octanol–water partition coefficient (Wildman–Crippen LogP) is 3.14. The van der Waals surface area contributed by atoms with Crippen molar-refractivity contribution in [3.63, 3.8) is 0 Å². The average molecular weight is 307 g/mol. The van der Waals surface area contributed by atoms with E-state index in [2.05, 4.69) is 26.2 Å². The average Bonchev–Trinajstić information content (AvgIpc) is 2.38. The van der Waals surface area contributed by atoms with Gasteiger partial charge in [-0.25, -0.2) is 4.98 Å². The van der Waals surface area contributed by atoms with Crippen molar-refractivity contribution in [3.8, 4) is 5.88 Å². The van der Waals surface area contributed by atoms with E-state index in [4.69, 9.17) is 4.74 Å². The highest BCUT2D eigenvalue weighted by molar-refractivity contribution is 9.10. The van der Waals surface area contributed by atoms with Crippen molar-refractivity contribution >= 4 is 15.9 Å². The third-order valence-corrected chi connectivity index (χ3v) is 2.98. The molecule has 1 N–H and O–H groups in total. The van der Waals surface area contributed by atoms with Crippen LogP contribution in [0.5, 0.6) is 5.88 Å². The van der Waals surface area contributed by atoms with E-state index in [1.54, 1.807) is 6.20 Å². The van der Waals surface area contributed by atoms with Gasteiger partial charge < -0.3 is 10.1 Å². The second-order valence-electron chi connectivity index (χ2n) is 3.92. The third-order valence-electron chi connectivity index (χ3n) is 2.48. The van der Waals surface area contributed by atoms with Gasteiger partial charge in [0.05, 0.1) is 0 Å². The van der Waals surface area contributed by atoms with Gasteiger partial charge in [0.15, 0.2) is 0 Å². The molecule has 2 aromatic rings. The van der Waals surface area contributed by atoms with Gasteiger partial charge in [-0.15, -0.1) is 0 Å². The van der Waals surface area contributed by atoms with Gasteiger partial charge in [-0.3, -0.25) is 0 Å². The molecule has 0 aliphatic rings. The van der Waals surface area contributed by atoms with Gasteiger partial charge in [-0.2, -0.15) is 0 Å². The lowest BCUT2D eigenvalue weighted by molar-refractivity contribution is 0.290. The van der Waals surface area contributed by atoms with Gasteiger partial charge in [0, 0.05) is 22.8 Å². The molecule has 0 bridgehead atoms. The summed E-state index contributed by atoms with van der Waals surface area (Å²) in [5.41, 5.74) is 2.18. The summed E-state index contributed by atoms with van der Waals surface area (Å²) < 4.78 is 6.81. The molecule has 1 aromatic carbocycles. The van der Waals surface area contributed by atoms with Crippen LogP contribution in [0.1, 0.15) is 11.1 Å². The van der Waals surface area contributed by atoms with Crippen LogP contribution in [0.4, 0.5) is 0 Å². The van der Waals surface area contributed by atoms with E-state index in [9.17, 15) is 0 Å². The Labute approximate surface area is 115 Å². The lowest BCUT2D eigenvalue weighted by Crippen LogP contribution is -2.08. The first-order valence-corrected chi connectivity index (χ1v) is 6.54. The lowest BCUT2D eigenvalue weighted by atomic mass is 10.2. The summed E-state index contributed by atoms with van der Waals surface area (Å²) in [4.78, 5) is 4.26. The number of aromatic nitrogens is 1. The van der Waals surface area contributed by atoms with E-state index < -0.39 is 0 Å². The molecule has 0 saturated carbocycles. The molecule has 0 amide bonds. The summed E-state index contributed by atoms with van der Waals surface area (Å²) in [6.07, 6.45) is 1.75. The van der Waals surface area contributed by atoms with Crippen molar-refractivity contribution in [3.05, 3.63) is 58.2 Å². The molecular formula is C14H15BrN2O. The summed E-state index contributed by atoms with van der Waals surface area (Å²) in [5, 5.41) is 3.10. The highest BCUT2D eigenvalue weighted by atomic mass is 79.9. The first-order valence-electron chi connectivity index (χ1n) is 5.75. The number of benzene rings is 1. The number of pyridine rings is 1. The van der Waals surface area contributed by atoms with Crippen LogP contribution in [-0.4, -0.2) is 12.0 Å². The topological polar surface area (TPSA) is 34.2 Å². The summed E-state index contributed by atoms with van der Waals surface area (Å²) in [6, 6.07) is 12.0. The van der Waals surface area contributed by atoms with Crippen molar-refractivity contribution in [2.75, 3.05) is 7.05 Å². The number of rotatable bonds is 5. The van der Waals surface area contributed by atoms with Crippen LogP contribution in [0.25, 0.3) is 0 Å². The molecule has 4 heteroatoms. The fourth-order valence-electron chi connectivity index (χ4n) is 1.66. The standard InChI is InChI=1S/C14H15BrN2O/c1-16-9-12-5-3-7-17-14(12)18-10-11-4-2-6-13(15)8-11/h2-8,16H,9-10H2,1H3. The molecule has 0 fully saturated rings. The molecule has 1 heterocycles. The molecule has 0 atom stereocenters. The van der Waals surface area contributed by atoms with E-state index in [-0.39, 0.29) is 0 Å². The lowest BCUT2D eigenvalue weighted by Gasteiger charge is -2.10. The predicted molar refractivity (Wildman–Crippen MR) is 75.5 cm³/mol. The molecule has 1 aromatic heterocycles. The number of ether oxygens (including phenoxy) is 1. The van der Waals surface area contributed by atoms with Crippen LogP contribution in [0.2, 0.25) is 0 Å². The molecule has 0 aliphatic carbocycles. The zero-order valence-corrected chi connectivity index (χ0v) is 11.8. The molecule has 0 radical (unpaired) electrons. The molecule has 0 aliphatic heterocycles. The second-order valence-corrected chi connectivity index (χ2v) is 4.83. The Morgan fingerprint density at radius 1 is 1.28 bits per heavy atom. The first kappa shape index (κ1) is 13.1. The van der Waals surface area contributed by atoms with Crippen LogP contribution in [-0.2, 0) is 13.2 Å². The van der Waals surface area contributed by atoms with Gasteiger partial charge in [0.2, 0.25) is 5.88 Å². The molecule has 3 nitrogen and oxygen atoms in total. The zero-order chi connectivity index (χ0) is 12.8. The minimum atomic E-state index is 0.521. The second kappa shape index (κ2) is 6.52. The normalized spacial score (nSPS) is 10.3. The maximum absolute atomic E-state index is 5.76. The Kier molecular flexibility index (Phi) is 4.73. The molecule has 2 rings (SSSR count). The van der Waals surface area contributed by atoms with Gasteiger partial charge in [0.1, 0.15) is 6.61 Å². The van der Waals surface area contributed by atoms with E-state index in [1.165, 1.54) is 0 Å². The van der Waals surface area contributed by atoms with Crippen LogP contribution >= 0.6 is 15.9 Å². The highest BCUT2D eigenvalue weighted by Gasteiger charge is 2.04. The molecule has 0 spiro atoms. The molecule has 0 unspecified atom stereocenters. The van der Waals surface area contributed by atoms with E-state index in [1.807, 2.05) is 43.4 Å². The SMILES string of the molecule is CNCc1cccnc1OCc1cccc(Br)c1. The van der Waals surface area contributed by atoms with Crippen molar-refractivity contribution in [2.24, 2.45) is 0 Å². The fraction of sp³-hybridized carbons (Fsp3) is 0.214. The summed E-state index contributed by atoms with van der Waals surface area (Å²) in [6.45, 7) is 1.27. The van der Waals surface area contributed by atoms with Crippen molar-refractivity contribution in [1.82, 2.24) is 10.3 Å². The van der Waals surface area contributed by atoms with Gasteiger partial charge >= 0.3 is 0 Å². The molecule has 94 valence electrons. The Morgan fingerprint density at radius 3 is 2.94 bits per heavy atom. The fourth-order valence-corrected chi connectivity index (χ4v) is 2.10. The summed E-state index contributed by atoms with van der Waals surface area (Å²) >= 11 is 3.45. The molecule has 0 saturated heterocycles. The van der Waals surface area contributed by atoms with Crippen molar-refractivity contribution in [1.29, 1.82) is 0 Å². The van der Waals surface area contributed by atoms with Crippen LogP contribution < -0.4 is 10.1 Å². The smallest absolute Gasteiger partial charge is 0.218 e. The van der Waals surface area contributed by atoms with E-state index in [0.717, 1.165) is 22.1 Å². The van der Waals surface area contributed by atoms with Crippen LogP contribution in [0, 0.1) is 0 Å². The van der Waals surface area contributed by atoms with E-state index >= 15 is 0 Å². The number of hydrogen-bond acceptors (Lipinski definition) is 3. The Hall–Kier alpha value is -1.39. The third kappa shape index (κ3) is 3.55. The maximum atomic E-state index is 5.76.